The van der Waals surface area contributed by atoms with Gasteiger partial charge in [-0.3, -0.25) is 9.05 Å². The maximum absolute atomic E-state index is 13.5. The van der Waals surface area contributed by atoms with Crippen LogP contribution in [0.25, 0.3) is 11.2 Å². The molecule has 1 aromatic carbocycles. The highest BCUT2D eigenvalue weighted by molar-refractivity contribution is 7.47. The summed E-state index contributed by atoms with van der Waals surface area (Å²) in [6.07, 6.45) is 21.0. The van der Waals surface area contributed by atoms with Gasteiger partial charge in [-0.1, -0.05) is 109 Å². The molecule has 1 unspecified atom stereocenters. The first-order valence-corrected chi connectivity index (χ1v) is 24.7. The molecule has 6 rings (SSSR count). The van der Waals surface area contributed by atoms with Gasteiger partial charge in [-0.05, 0) is 50.1 Å². The molecule has 0 amide bonds. The Kier molecular flexibility index (Phi) is 18.8. The minimum atomic E-state index is -4.83. The van der Waals surface area contributed by atoms with E-state index in [1.165, 1.54) is 107 Å². The molecule has 0 aliphatic carbocycles. The molecule has 4 aromatic rings. The van der Waals surface area contributed by atoms with Crippen molar-refractivity contribution in [3.63, 3.8) is 0 Å². The molecule has 2 aliphatic rings. The van der Waals surface area contributed by atoms with Crippen LogP contribution in [0.3, 0.4) is 0 Å². The number of hydrogen-bond acceptors (Lipinski definition) is 15. The number of nitrogens with two attached hydrogens (primary N) is 1. The Morgan fingerprint density at radius 3 is 2.22 bits per heavy atom. The molecule has 19 heteroatoms. The van der Waals surface area contributed by atoms with Gasteiger partial charge in [0.15, 0.2) is 11.6 Å². The summed E-state index contributed by atoms with van der Waals surface area (Å²) < 4.78 is 58.5. The molecule has 2 fully saturated rings. The quantitative estimate of drug-likeness (QED) is 0.0368. The predicted molar refractivity (Wildman–Crippen MR) is 240 cm³/mol. The fourth-order valence-corrected chi connectivity index (χ4v) is 9.17. The Balaban J connectivity index is 0.997. The van der Waals surface area contributed by atoms with Crippen LogP contribution in [0.5, 0.6) is 0 Å². The van der Waals surface area contributed by atoms with Crippen molar-refractivity contribution in [3.05, 3.63) is 66.1 Å². The Morgan fingerprint density at radius 2 is 1.57 bits per heavy atom. The zero-order chi connectivity index (χ0) is 46.1. The van der Waals surface area contributed by atoms with Crippen molar-refractivity contribution >= 4 is 19.2 Å². The molecule has 0 spiro atoms. The van der Waals surface area contributed by atoms with Crippen molar-refractivity contribution in [1.29, 1.82) is 10.5 Å². The summed E-state index contributed by atoms with van der Waals surface area (Å²) in [6.45, 7) is 5.23. The van der Waals surface area contributed by atoms with E-state index in [1.54, 1.807) is 48.7 Å². The molecule has 3 N–H and O–H groups in total. The number of unbranched alkanes of at least 4 members (excludes halogenated alkanes) is 15. The van der Waals surface area contributed by atoms with E-state index in [4.69, 9.17) is 38.5 Å². The van der Waals surface area contributed by atoms with Crippen molar-refractivity contribution in [1.82, 2.24) is 29.4 Å². The number of benzene rings is 1. The van der Waals surface area contributed by atoms with Crippen LogP contribution < -0.4 is 5.73 Å². The monoisotopic (exact) mass is 919 g/mol. The molecule has 0 saturated carbocycles. The number of rotatable bonds is 30. The van der Waals surface area contributed by atoms with Crippen molar-refractivity contribution in [2.75, 3.05) is 32.2 Å². The maximum atomic E-state index is 13.5. The van der Waals surface area contributed by atoms with Crippen LogP contribution >= 0.6 is 7.82 Å². The van der Waals surface area contributed by atoms with Crippen LogP contribution in [0.15, 0.2) is 49.3 Å². The highest BCUT2D eigenvalue weighted by Gasteiger charge is 2.65. The number of phosphoric acid groups is 1. The van der Waals surface area contributed by atoms with Crippen LogP contribution in [-0.2, 0) is 43.9 Å². The van der Waals surface area contributed by atoms with Gasteiger partial charge >= 0.3 is 7.82 Å². The second kappa shape index (κ2) is 24.4. The van der Waals surface area contributed by atoms with E-state index in [1.807, 2.05) is 0 Å². The van der Waals surface area contributed by atoms with Gasteiger partial charge < -0.3 is 34.3 Å². The third-order valence-electron chi connectivity index (χ3n) is 11.9. The van der Waals surface area contributed by atoms with Crippen molar-refractivity contribution in [2.24, 2.45) is 0 Å². The molecular formula is C46H66N9O9P. The maximum Gasteiger partial charge on any atom is 0.472 e. The van der Waals surface area contributed by atoms with Gasteiger partial charge in [-0.15, -0.1) is 0 Å². The fraction of sp³-hybridized carbons (Fsp3) is 0.652. The summed E-state index contributed by atoms with van der Waals surface area (Å²) in [5.41, 5.74) is 6.88. The lowest BCUT2D eigenvalue weighted by molar-refractivity contribution is -0.204. The minimum absolute atomic E-state index is 0.0639. The van der Waals surface area contributed by atoms with E-state index in [-0.39, 0.29) is 25.6 Å². The largest absolute Gasteiger partial charge is 0.472 e. The highest BCUT2D eigenvalue weighted by Crippen LogP contribution is 2.52. The molecule has 6 atom stereocenters. The lowest BCUT2D eigenvalue weighted by Crippen LogP contribution is -2.45. The number of anilines is 1. The van der Waals surface area contributed by atoms with Crippen LogP contribution in [0.4, 0.5) is 5.82 Å². The highest BCUT2D eigenvalue weighted by atomic mass is 31.2. The van der Waals surface area contributed by atoms with Gasteiger partial charge in [0.25, 0.3) is 0 Å². The van der Waals surface area contributed by atoms with E-state index in [0.717, 1.165) is 19.3 Å². The predicted octanol–water partition coefficient (Wildman–Crippen LogP) is 8.61. The van der Waals surface area contributed by atoms with Gasteiger partial charge in [0, 0.05) is 6.61 Å². The van der Waals surface area contributed by atoms with Crippen molar-refractivity contribution in [2.45, 2.75) is 166 Å². The molecule has 3 aromatic heterocycles. The fourth-order valence-electron chi connectivity index (χ4n) is 8.39. The molecular weight excluding hydrogens is 854 g/mol. The van der Waals surface area contributed by atoms with E-state index < -0.39 is 50.2 Å². The van der Waals surface area contributed by atoms with E-state index >= 15 is 0 Å². The Morgan fingerprint density at radius 1 is 0.877 bits per heavy atom. The SMILES string of the molecule is CCCCCCCCCCCCCCCCCCOC[C@H](COP(=O)(O)OC[C@@]1(C#N)O[C@@H](c2ccc3c(N)ncnn23)[C@@H]2OC(C)(C)O[C@@H]21)OCc1ccc(C#N)c(-n2cncn2)c1. The normalized spacial score (nSPS) is 21.5. The number of phosphoric ester groups is 1. The number of aromatic nitrogens is 6. The van der Waals surface area contributed by atoms with Gasteiger partial charge in [-0.25, -0.2) is 23.7 Å². The summed E-state index contributed by atoms with van der Waals surface area (Å²) in [5, 5.41) is 28.7. The topological polar surface area (TPSA) is 236 Å². The second-order valence-electron chi connectivity index (χ2n) is 17.4. The standard InChI is InChI=1S/C46H66N9O9P/c1-4-5-6-7-8-9-10-11-12-13-14-15-16-17-18-19-24-58-28-37(59-27-35-20-21-36(26-47)40(25-35)54-34-50-32-52-54)29-60-65(56,57)61-31-46(30-48)43-42(62-45(2,3)64-43)41(63-46)38-22-23-39-44(49)51-33-53-55(38)39/h20-23,25,32-34,37,41-43H,4-19,24,27-29,31H2,1-3H3,(H,56,57)(H2,49,51,53)/t37-,41+,42+,43+,46-/m1/s1. The summed E-state index contributed by atoms with van der Waals surface area (Å²) in [5.74, 6) is -0.860. The summed E-state index contributed by atoms with van der Waals surface area (Å²) >= 11 is 0. The number of hydrogen-bond donors (Lipinski definition) is 2. The average Bonchev–Trinajstić information content (AvgIpc) is 4.11. The van der Waals surface area contributed by atoms with Crippen LogP contribution in [-0.4, -0.2) is 90.4 Å². The number of ether oxygens (including phenoxy) is 5. The molecule has 18 nitrogen and oxygen atoms in total. The number of fused-ring (bicyclic) bond motifs is 2. The Labute approximate surface area is 382 Å². The lowest BCUT2D eigenvalue weighted by atomic mass is 9.96. The molecule has 65 heavy (non-hydrogen) atoms. The van der Waals surface area contributed by atoms with Crippen LogP contribution in [0.1, 0.15) is 146 Å². The Bertz CT molecular complexity index is 2210. The van der Waals surface area contributed by atoms with Gasteiger partial charge in [0.2, 0.25) is 5.60 Å². The van der Waals surface area contributed by atoms with Gasteiger partial charge in [-0.2, -0.15) is 20.7 Å². The summed E-state index contributed by atoms with van der Waals surface area (Å²) in [7, 11) is -4.83. The number of nitriles is 2. The zero-order valence-electron chi connectivity index (χ0n) is 38.1. The molecule has 2 aliphatic heterocycles. The second-order valence-corrected chi connectivity index (χ2v) is 18.9. The van der Waals surface area contributed by atoms with E-state index in [0.29, 0.717) is 34.6 Å². The molecule has 0 radical (unpaired) electrons. The smallest absolute Gasteiger partial charge is 0.382 e. The minimum Gasteiger partial charge on any atom is -0.382 e. The summed E-state index contributed by atoms with van der Waals surface area (Å²) in [4.78, 5) is 19.0. The average molecular weight is 920 g/mol. The molecule has 2 saturated heterocycles. The van der Waals surface area contributed by atoms with Crippen molar-refractivity contribution < 1.29 is 42.2 Å². The van der Waals surface area contributed by atoms with E-state index in [2.05, 4.69) is 39.2 Å². The van der Waals surface area contributed by atoms with Crippen LogP contribution in [0.2, 0.25) is 0 Å². The van der Waals surface area contributed by atoms with Crippen molar-refractivity contribution in [3.8, 4) is 17.8 Å². The summed E-state index contributed by atoms with van der Waals surface area (Å²) in [6, 6.07) is 12.9. The molecule has 5 heterocycles. The van der Waals surface area contributed by atoms with Gasteiger partial charge in [0.05, 0.1) is 36.8 Å². The Hall–Kier alpha value is -4.33. The molecule has 354 valence electrons. The zero-order valence-corrected chi connectivity index (χ0v) is 39.0. The first kappa shape index (κ1) is 50.1. The van der Waals surface area contributed by atoms with E-state index in [9.17, 15) is 20.0 Å². The number of nitrogens with zero attached hydrogens (tertiary/aromatic N) is 8. The third kappa shape index (κ3) is 14.1. The third-order valence-corrected chi connectivity index (χ3v) is 12.8. The van der Waals surface area contributed by atoms with Gasteiger partial charge in [0.1, 0.15) is 67.7 Å². The number of nitrogen functional groups attached to an aromatic ring is 1. The van der Waals surface area contributed by atoms with Crippen LogP contribution in [0, 0.1) is 22.7 Å². The first-order chi connectivity index (χ1) is 31.5. The lowest BCUT2D eigenvalue weighted by Gasteiger charge is -2.29. The molecule has 0 bridgehead atoms. The first-order valence-electron chi connectivity index (χ1n) is 23.2.